The maximum atomic E-state index is 11.0. The van der Waals surface area contributed by atoms with Gasteiger partial charge in [0.1, 0.15) is 5.82 Å². The Bertz CT molecular complexity index is 523. The number of aromatic nitrogens is 1. The van der Waals surface area contributed by atoms with Crippen molar-refractivity contribution in [2.45, 2.75) is 31.6 Å². The zero-order valence-electron chi connectivity index (χ0n) is 13.6. The molecule has 0 bridgehead atoms. The molecule has 1 amide bonds. The third-order valence-electron chi connectivity index (χ3n) is 4.96. The van der Waals surface area contributed by atoms with E-state index in [0.717, 1.165) is 31.7 Å². The van der Waals surface area contributed by atoms with Gasteiger partial charge in [-0.25, -0.2) is 9.78 Å². The van der Waals surface area contributed by atoms with Crippen LogP contribution in [0, 0.1) is 0 Å². The fraction of sp³-hybridized carbons (Fsp3) is 0.647. The van der Waals surface area contributed by atoms with Gasteiger partial charge in [-0.1, -0.05) is 6.07 Å². The molecule has 0 saturated carbocycles. The van der Waals surface area contributed by atoms with Crippen molar-refractivity contribution in [1.82, 2.24) is 14.8 Å². The molecule has 2 saturated heterocycles. The van der Waals surface area contributed by atoms with Gasteiger partial charge in [-0.3, -0.25) is 0 Å². The lowest BCUT2D eigenvalue weighted by Crippen LogP contribution is -2.37. The van der Waals surface area contributed by atoms with Gasteiger partial charge in [-0.05, 0) is 56.3 Å². The maximum absolute atomic E-state index is 11.0. The molecule has 3 rings (SSSR count). The number of hydrogen-bond acceptors (Lipinski definition) is 4. The highest BCUT2D eigenvalue weighted by Crippen LogP contribution is 2.31. The molecular weight excluding hydrogens is 292 g/mol. The van der Waals surface area contributed by atoms with Crippen LogP contribution < -0.4 is 5.32 Å². The minimum atomic E-state index is -0.807. The van der Waals surface area contributed by atoms with E-state index in [4.69, 9.17) is 5.11 Å². The molecule has 1 aromatic heterocycles. The molecule has 0 radical (unpaired) electrons. The van der Waals surface area contributed by atoms with Crippen LogP contribution in [0.5, 0.6) is 0 Å². The summed E-state index contributed by atoms with van der Waals surface area (Å²) in [5, 5.41) is 12.6. The molecule has 2 aliphatic heterocycles. The number of likely N-dealkylation sites (tertiary alicyclic amines) is 2. The number of nitrogens with zero attached hydrogens (tertiary/aromatic N) is 3. The Morgan fingerprint density at radius 3 is 2.70 bits per heavy atom. The van der Waals surface area contributed by atoms with Crippen molar-refractivity contribution < 1.29 is 9.90 Å². The predicted molar refractivity (Wildman–Crippen MR) is 90.0 cm³/mol. The monoisotopic (exact) mass is 318 g/mol. The third-order valence-corrected chi connectivity index (χ3v) is 4.96. The zero-order chi connectivity index (χ0) is 16.1. The number of hydrogen-bond donors (Lipinski definition) is 2. The molecule has 0 atom stereocenters. The minimum Gasteiger partial charge on any atom is -0.465 e. The molecule has 126 valence electrons. The van der Waals surface area contributed by atoms with E-state index >= 15 is 0 Å². The molecule has 6 heteroatoms. The van der Waals surface area contributed by atoms with Crippen LogP contribution in [0.1, 0.15) is 37.2 Å². The normalized spacial score (nSPS) is 19.9. The first-order chi connectivity index (χ1) is 11.2. The molecule has 2 fully saturated rings. The third kappa shape index (κ3) is 4.13. The van der Waals surface area contributed by atoms with Crippen LogP contribution >= 0.6 is 0 Å². The van der Waals surface area contributed by atoms with Crippen LogP contribution in [0.4, 0.5) is 10.6 Å². The zero-order valence-corrected chi connectivity index (χ0v) is 13.6. The van der Waals surface area contributed by atoms with E-state index in [1.54, 1.807) is 0 Å². The Hall–Kier alpha value is -1.82. The van der Waals surface area contributed by atoms with Crippen LogP contribution in [0.15, 0.2) is 18.3 Å². The summed E-state index contributed by atoms with van der Waals surface area (Å²) in [5.41, 5.74) is 1.24. The largest absolute Gasteiger partial charge is 0.465 e. The lowest BCUT2D eigenvalue weighted by molar-refractivity contribution is 0.132. The van der Waals surface area contributed by atoms with E-state index in [0.29, 0.717) is 19.0 Å². The fourth-order valence-corrected chi connectivity index (χ4v) is 3.62. The number of amides is 1. The first-order valence-corrected chi connectivity index (χ1v) is 8.63. The molecule has 0 aromatic carbocycles. The van der Waals surface area contributed by atoms with E-state index in [2.05, 4.69) is 21.3 Å². The van der Waals surface area contributed by atoms with Crippen LogP contribution in [0.25, 0.3) is 0 Å². The number of carbonyl (C=O) groups is 1. The molecule has 2 N–H and O–H groups in total. The first kappa shape index (κ1) is 16.1. The van der Waals surface area contributed by atoms with Gasteiger partial charge in [-0.2, -0.15) is 0 Å². The predicted octanol–water partition coefficient (Wildman–Crippen LogP) is 2.45. The second kappa shape index (κ2) is 7.64. The summed E-state index contributed by atoms with van der Waals surface area (Å²) in [6, 6.07) is 4.11. The van der Waals surface area contributed by atoms with Gasteiger partial charge in [-0.15, -0.1) is 0 Å². The fourth-order valence-electron chi connectivity index (χ4n) is 3.62. The van der Waals surface area contributed by atoms with Gasteiger partial charge >= 0.3 is 6.09 Å². The first-order valence-electron chi connectivity index (χ1n) is 8.63. The lowest BCUT2D eigenvalue weighted by atomic mass is 9.90. The number of anilines is 1. The quantitative estimate of drug-likeness (QED) is 0.873. The standard InChI is InChI=1S/C17H26N4O2/c22-17(23)21-11-5-14(6-12-21)15-4-3-7-18-16(15)19-8-13-20-9-1-2-10-20/h3-4,7,14H,1-2,5-6,8-13H2,(H,18,19)(H,22,23). The van der Waals surface area contributed by atoms with E-state index < -0.39 is 6.09 Å². The summed E-state index contributed by atoms with van der Waals surface area (Å²) in [7, 11) is 0. The van der Waals surface area contributed by atoms with Crippen molar-refractivity contribution in [3.05, 3.63) is 23.9 Å². The summed E-state index contributed by atoms with van der Waals surface area (Å²) in [5.74, 6) is 1.37. The lowest BCUT2D eigenvalue weighted by Gasteiger charge is -2.31. The van der Waals surface area contributed by atoms with Gasteiger partial charge in [0, 0.05) is 32.4 Å². The Kier molecular flexibility index (Phi) is 5.33. The average Bonchev–Trinajstić information content (AvgIpc) is 3.09. The Labute approximate surface area is 137 Å². The van der Waals surface area contributed by atoms with Crippen molar-refractivity contribution in [2.75, 3.05) is 44.6 Å². The highest BCUT2D eigenvalue weighted by atomic mass is 16.4. The van der Waals surface area contributed by atoms with E-state index in [1.807, 2.05) is 12.3 Å². The van der Waals surface area contributed by atoms with Crippen molar-refractivity contribution in [1.29, 1.82) is 0 Å². The number of rotatable bonds is 5. The van der Waals surface area contributed by atoms with Gasteiger partial charge < -0.3 is 20.2 Å². The van der Waals surface area contributed by atoms with Gasteiger partial charge in [0.2, 0.25) is 0 Å². The molecule has 2 aliphatic rings. The molecule has 0 aliphatic carbocycles. The topological polar surface area (TPSA) is 68.7 Å². The van der Waals surface area contributed by atoms with Crippen molar-refractivity contribution in [2.24, 2.45) is 0 Å². The Balaban J connectivity index is 1.56. The Morgan fingerprint density at radius 2 is 2.00 bits per heavy atom. The molecule has 3 heterocycles. The van der Waals surface area contributed by atoms with Crippen molar-refractivity contribution in [3.63, 3.8) is 0 Å². The van der Waals surface area contributed by atoms with Crippen molar-refractivity contribution >= 4 is 11.9 Å². The molecular formula is C17H26N4O2. The Morgan fingerprint density at radius 1 is 1.26 bits per heavy atom. The number of nitrogens with one attached hydrogen (secondary N) is 1. The van der Waals surface area contributed by atoms with Gasteiger partial charge in [0.25, 0.3) is 0 Å². The number of piperidine rings is 1. The smallest absolute Gasteiger partial charge is 0.407 e. The highest BCUT2D eigenvalue weighted by Gasteiger charge is 2.25. The molecule has 0 spiro atoms. The van der Waals surface area contributed by atoms with Crippen LogP contribution in [0.2, 0.25) is 0 Å². The second-order valence-corrected chi connectivity index (χ2v) is 6.46. The summed E-state index contributed by atoms with van der Waals surface area (Å²) in [6.45, 7) is 5.63. The van der Waals surface area contributed by atoms with E-state index in [1.165, 1.54) is 36.4 Å². The molecule has 0 unspecified atom stereocenters. The molecule has 6 nitrogen and oxygen atoms in total. The maximum Gasteiger partial charge on any atom is 0.407 e. The van der Waals surface area contributed by atoms with Crippen LogP contribution in [0.3, 0.4) is 0 Å². The minimum absolute atomic E-state index is 0.397. The number of carboxylic acid groups (broad SMARTS) is 1. The molecule has 1 aromatic rings. The number of pyridine rings is 1. The second-order valence-electron chi connectivity index (χ2n) is 6.46. The van der Waals surface area contributed by atoms with Gasteiger partial charge in [0.05, 0.1) is 0 Å². The SMILES string of the molecule is O=C(O)N1CCC(c2cccnc2NCCN2CCCC2)CC1. The summed E-state index contributed by atoms with van der Waals surface area (Å²) in [4.78, 5) is 19.5. The van der Waals surface area contributed by atoms with Gasteiger partial charge in [0.15, 0.2) is 0 Å². The van der Waals surface area contributed by atoms with Crippen LogP contribution in [-0.4, -0.2) is 65.3 Å². The summed E-state index contributed by atoms with van der Waals surface area (Å²) < 4.78 is 0. The van der Waals surface area contributed by atoms with Crippen LogP contribution in [-0.2, 0) is 0 Å². The summed E-state index contributed by atoms with van der Waals surface area (Å²) >= 11 is 0. The molecule has 23 heavy (non-hydrogen) atoms. The van der Waals surface area contributed by atoms with Crippen molar-refractivity contribution in [3.8, 4) is 0 Å². The summed E-state index contributed by atoms with van der Waals surface area (Å²) in [6.07, 6.45) is 5.40. The average molecular weight is 318 g/mol. The van der Waals surface area contributed by atoms with E-state index in [-0.39, 0.29) is 0 Å². The van der Waals surface area contributed by atoms with E-state index in [9.17, 15) is 4.79 Å². The highest BCUT2D eigenvalue weighted by molar-refractivity contribution is 5.65.